The molecule has 0 saturated carbocycles. The SMILES string of the molecule is CC(C)=CCN1CCC(NCc2ccccc2C)CC1. The van der Waals surface area contributed by atoms with Crippen LogP contribution in [0.1, 0.15) is 37.8 Å². The van der Waals surface area contributed by atoms with E-state index in [2.05, 4.69) is 61.3 Å². The summed E-state index contributed by atoms with van der Waals surface area (Å²) >= 11 is 0. The Kier molecular flexibility index (Phi) is 5.81. The molecule has 1 N–H and O–H groups in total. The number of rotatable bonds is 5. The fourth-order valence-corrected chi connectivity index (χ4v) is 2.69. The number of hydrogen-bond donors (Lipinski definition) is 1. The van der Waals surface area contributed by atoms with Crippen molar-refractivity contribution < 1.29 is 0 Å². The lowest BCUT2D eigenvalue weighted by Gasteiger charge is -2.32. The topological polar surface area (TPSA) is 15.3 Å². The van der Waals surface area contributed by atoms with Crippen molar-refractivity contribution in [3.05, 3.63) is 47.0 Å². The zero-order chi connectivity index (χ0) is 14.4. The van der Waals surface area contributed by atoms with E-state index in [0.717, 1.165) is 13.1 Å². The maximum absolute atomic E-state index is 3.72. The predicted molar refractivity (Wildman–Crippen MR) is 86.9 cm³/mol. The van der Waals surface area contributed by atoms with Gasteiger partial charge in [-0.1, -0.05) is 35.9 Å². The van der Waals surface area contributed by atoms with E-state index in [4.69, 9.17) is 0 Å². The first kappa shape index (κ1) is 15.3. The molecule has 1 fully saturated rings. The average molecular weight is 272 g/mol. The highest BCUT2D eigenvalue weighted by Gasteiger charge is 2.17. The van der Waals surface area contributed by atoms with E-state index >= 15 is 0 Å². The Morgan fingerprint density at radius 3 is 2.60 bits per heavy atom. The number of piperidine rings is 1. The summed E-state index contributed by atoms with van der Waals surface area (Å²) in [7, 11) is 0. The molecule has 1 heterocycles. The van der Waals surface area contributed by atoms with Crippen molar-refractivity contribution in [2.24, 2.45) is 0 Å². The molecular weight excluding hydrogens is 244 g/mol. The number of allylic oxidation sites excluding steroid dienone is 1. The summed E-state index contributed by atoms with van der Waals surface area (Å²) in [6, 6.07) is 9.34. The maximum atomic E-state index is 3.72. The monoisotopic (exact) mass is 272 g/mol. The van der Waals surface area contributed by atoms with Crippen molar-refractivity contribution in [2.75, 3.05) is 19.6 Å². The first-order valence-electron chi connectivity index (χ1n) is 7.79. The molecule has 0 amide bonds. The summed E-state index contributed by atoms with van der Waals surface area (Å²) in [6.45, 7) is 11.1. The van der Waals surface area contributed by atoms with Crippen LogP contribution < -0.4 is 5.32 Å². The molecule has 2 heteroatoms. The van der Waals surface area contributed by atoms with Crippen LogP contribution in [0.15, 0.2) is 35.9 Å². The summed E-state index contributed by atoms with van der Waals surface area (Å²) < 4.78 is 0. The van der Waals surface area contributed by atoms with Gasteiger partial charge in [-0.2, -0.15) is 0 Å². The standard InChI is InChI=1S/C18H28N2/c1-15(2)8-11-20-12-9-18(10-13-20)19-14-17-7-5-4-6-16(17)3/h4-8,18-19H,9-14H2,1-3H3. The molecule has 0 bridgehead atoms. The highest BCUT2D eigenvalue weighted by Crippen LogP contribution is 2.13. The predicted octanol–water partition coefficient (Wildman–Crippen LogP) is 3.52. The third-order valence-corrected chi connectivity index (χ3v) is 4.19. The van der Waals surface area contributed by atoms with Crippen LogP contribution in [0.2, 0.25) is 0 Å². The Labute approximate surface area is 123 Å². The minimum Gasteiger partial charge on any atom is -0.310 e. The molecule has 1 aromatic carbocycles. The number of hydrogen-bond acceptors (Lipinski definition) is 2. The van der Waals surface area contributed by atoms with E-state index in [1.54, 1.807) is 0 Å². The lowest BCUT2D eigenvalue weighted by Crippen LogP contribution is -2.42. The molecule has 1 aromatic rings. The van der Waals surface area contributed by atoms with E-state index in [0.29, 0.717) is 6.04 Å². The van der Waals surface area contributed by atoms with Crippen molar-refractivity contribution in [1.29, 1.82) is 0 Å². The number of nitrogens with one attached hydrogen (secondary N) is 1. The van der Waals surface area contributed by atoms with Crippen molar-refractivity contribution >= 4 is 0 Å². The van der Waals surface area contributed by atoms with Crippen LogP contribution in [0.25, 0.3) is 0 Å². The van der Waals surface area contributed by atoms with Gasteiger partial charge in [0.25, 0.3) is 0 Å². The first-order chi connectivity index (χ1) is 9.65. The van der Waals surface area contributed by atoms with Gasteiger partial charge in [0.15, 0.2) is 0 Å². The average Bonchev–Trinajstić information content (AvgIpc) is 2.45. The molecule has 0 radical (unpaired) electrons. The summed E-state index contributed by atoms with van der Waals surface area (Å²) in [5.74, 6) is 0. The Morgan fingerprint density at radius 2 is 1.95 bits per heavy atom. The van der Waals surface area contributed by atoms with Gasteiger partial charge in [-0.25, -0.2) is 0 Å². The molecule has 0 atom stereocenters. The van der Waals surface area contributed by atoms with E-state index in [1.165, 1.54) is 42.6 Å². The minimum atomic E-state index is 0.678. The van der Waals surface area contributed by atoms with Crippen LogP contribution in [0, 0.1) is 6.92 Å². The van der Waals surface area contributed by atoms with Crippen LogP contribution in [-0.2, 0) is 6.54 Å². The summed E-state index contributed by atoms with van der Waals surface area (Å²) in [5.41, 5.74) is 4.24. The van der Waals surface area contributed by atoms with Gasteiger partial charge >= 0.3 is 0 Å². The molecule has 1 aliphatic heterocycles. The van der Waals surface area contributed by atoms with E-state index < -0.39 is 0 Å². The van der Waals surface area contributed by atoms with Gasteiger partial charge in [0.2, 0.25) is 0 Å². The van der Waals surface area contributed by atoms with Gasteiger partial charge in [-0.3, -0.25) is 4.90 Å². The fraction of sp³-hybridized carbons (Fsp3) is 0.556. The summed E-state index contributed by atoms with van der Waals surface area (Å²) in [6.07, 6.45) is 4.87. The molecule has 1 saturated heterocycles. The van der Waals surface area contributed by atoms with Gasteiger partial charge in [-0.05, 0) is 57.8 Å². The minimum absolute atomic E-state index is 0.678. The molecular formula is C18H28N2. The Morgan fingerprint density at radius 1 is 1.25 bits per heavy atom. The molecule has 1 aliphatic rings. The first-order valence-corrected chi connectivity index (χ1v) is 7.79. The van der Waals surface area contributed by atoms with Gasteiger partial charge in [-0.15, -0.1) is 0 Å². The van der Waals surface area contributed by atoms with Gasteiger partial charge in [0, 0.05) is 19.1 Å². The van der Waals surface area contributed by atoms with Gasteiger partial charge in [0.1, 0.15) is 0 Å². The molecule has 2 rings (SSSR count). The van der Waals surface area contributed by atoms with Crippen molar-refractivity contribution in [3.8, 4) is 0 Å². The molecule has 0 aliphatic carbocycles. The molecule has 0 spiro atoms. The van der Waals surface area contributed by atoms with E-state index in [9.17, 15) is 0 Å². The highest BCUT2D eigenvalue weighted by molar-refractivity contribution is 5.25. The third kappa shape index (κ3) is 4.77. The van der Waals surface area contributed by atoms with Crippen LogP contribution >= 0.6 is 0 Å². The fourth-order valence-electron chi connectivity index (χ4n) is 2.69. The van der Waals surface area contributed by atoms with Crippen molar-refractivity contribution in [3.63, 3.8) is 0 Å². The molecule has 0 aromatic heterocycles. The Balaban J connectivity index is 1.72. The van der Waals surface area contributed by atoms with Gasteiger partial charge < -0.3 is 5.32 Å². The zero-order valence-corrected chi connectivity index (χ0v) is 13.2. The maximum Gasteiger partial charge on any atom is 0.0210 e. The number of nitrogens with zero attached hydrogens (tertiary/aromatic N) is 1. The number of aryl methyl sites for hydroxylation is 1. The van der Waals surface area contributed by atoms with Crippen molar-refractivity contribution in [1.82, 2.24) is 10.2 Å². The third-order valence-electron chi connectivity index (χ3n) is 4.19. The van der Waals surface area contributed by atoms with Crippen LogP contribution in [0.4, 0.5) is 0 Å². The molecule has 110 valence electrons. The summed E-state index contributed by atoms with van der Waals surface area (Å²) in [5, 5.41) is 3.72. The zero-order valence-electron chi connectivity index (χ0n) is 13.2. The quantitative estimate of drug-likeness (QED) is 0.825. The van der Waals surface area contributed by atoms with E-state index in [1.807, 2.05) is 0 Å². The normalized spacial score (nSPS) is 17.1. The molecule has 2 nitrogen and oxygen atoms in total. The number of likely N-dealkylation sites (tertiary alicyclic amines) is 1. The molecule has 0 unspecified atom stereocenters. The summed E-state index contributed by atoms with van der Waals surface area (Å²) in [4.78, 5) is 2.55. The second-order valence-electron chi connectivity index (χ2n) is 6.16. The van der Waals surface area contributed by atoms with Crippen LogP contribution in [0.3, 0.4) is 0 Å². The second-order valence-corrected chi connectivity index (χ2v) is 6.16. The highest BCUT2D eigenvalue weighted by atomic mass is 15.1. The van der Waals surface area contributed by atoms with E-state index in [-0.39, 0.29) is 0 Å². The number of benzene rings is 1. The van der Waals surface area contributed by atoms with Crippen LogP contribution in [-0.4, -0.2) is 30.6 Å². The lowest BCUT2D eigenvalue weighted by molar-refractivity contribution is 0.214. The largest absolute Gasteiger partial charge is 0.310 e. The van der Waals surface area contributed by atoms with Crippen LogP contribution in [0.5, 0.6) is 0 Å². The van der Waals surface area contributed by atoms with Crippen molar-refractivity contribution in [2.45, 2.75) is 46.2 Å². The second kappa shape index (κ2) is 7.61. The smallest absolute Gasteiger partial charge is 0.0210 e. The Hall–Kier alpha value is -1.12. The lowest BCUT2D eigenvalue weighted by atomic mass is 10.0. The Bertz CT molecular complexity index is 438. The van der Waals surface area contributed by atoms with Gasteiger partial charge in [0.05, 0.1) is 0 Å². The molecule has 20 heavy (non-hydrogen) atoms.